The Labute approximate surface area is 75.7 Å². The van der Waals surface area contributed by atoms with E-state index in [9.17, 15) is 0 Å². The molecule has 0 aromatic rings. The third-order valence-corrected chi connectivity index (χ3v) is 2.93. The van der Waals surface area contributed by atoms with Crippen LogP contribution in [0.15, 0.2) is 0 Å². The maximum absolute atomic E-state index is 5.31. The molecule has 1 aliphatic heterocycles. The second-order valence-corrected chi connectivity index (χ2v) is 3.90. The third-order valence-electron chi connectivity index (χ3n) is 2.93. The van der Waals surface area contributed by atoms with Crippen molar-refractivity contribution < 1.29 is 4.74 Å². The summed E-state index contributed by atoms with van der Waals surface area (Å²) in [6.07, 6.45) is 2.43. The summed E-state index contributed by atoms with van der Waals surface area (Å²) in [5.74, 6) is 0.769. The molecule has 1 N–H and O–H groups in total. The summed E-state index contributed by atoms with van der Waals surface area (Å²) in [5, 5.41) is 3.60. The van der Waals surface area contributed by atoms with Crippen LogP contribution in [0.4, 0.5) is 0 Å². The minimum atomic E-state index is 0.606. The topological polar surface area (TPSA) is 21.3 Å². The Hall–Kier alpha value is -0.0800. The van der Waals surface area contributed by atoms with Crippen molar-refractivity contribution in [2.24, 2.45) is 5.92 Å². The molecule has 0 saturated carbocycles. The maximum Gasteiger partial charge on any atom is 0.0620 e. The predicted molar refractivity (Wildman–Crippen MR) is 51.3 cm³/mol. The Morgan fingerprint density at radius 2 is 2.25 bits per heavy atom. The molecule has 2 heteroatoms. The lowest BCUT2D eigenvalue weighted by molar-refractivity contribution is 0.186. The fourth-order valence-corrected chi connectivity index (χ4v) is 1.56. The van der Waals surface area contributed by atoms with E-state index in [1.54, 1.807) is 0 Å². The zero-order valence-electron chi connectivity index (χ0n) is 8.47. The highest BCUT2D eigenvalue weighted by Crippen LogP contribution is 2.10. The van der Waals surface area contributed by atoms with Gasteiger partial charge in [-0.2, -0.15) is 0 Å². The van der Waals surface area contributed by atoms with Gasteiger partial charge in [-0.3, -0.25) is 0 Å². The van der Waals surface area contributed by atoms with Crippen LogP contribution >= 0.6 is 0 Å². The Morgan fingerprint density at radius 1 is 1.50 bits per heavy atom. The first-order valence-electron chi connectivity index (χ1n) is 5.07. The van der Waals surface area contributed by atoms with Crippen LogP contribution in [-0.2, 0) is 4.74 Å². The summed E-state index contributed by atoms with van der Waals surface area (Å²) in [4.78, 5) is 0. The summed E-state index contributed by atoms with van der Waals surface area (Å²) in [6.45, 7) is 8.65. The van der Waals surface area contributed by atoms with Gasteiger partial charge in [0.1, 0.15) is 0 Å². The van der Waals surface area contributed by atoms with E-state index in [1.165, 1.54) is 12.8 Å². The third kappa shape index (κ3) is 2.76. The number of hydrogen-bond donors (Lipinski definition) is 1. The fraction of sp³-hybridized carbons (Fsp3) is 1.00. The van der Waals surface area contributed by atoms with E-state index in [-0.39, 0.29) is 0 Å². The molecule has 1 saturated heterocycles. The Bertz CT molecular complexity index is 121. The number of ether oxygens (including phenoxy) is 1. The fourth-order valence-electron chi connectivity index (χ4n) is 1.56. The first-order valence-corrected chi connectivity index (χ1v) is 5.07. The van der Waals surface area contributed by atoms with E-state index >= 15 is 0 Å². The highest BCUT2D eigenvalue weighted by molar-refractivity contribution is 4.77. The molecule has 0 aliphatic carbocycles. The molecule has 1 fully saturated rings. The van der Waals surface area contributed by atoms with Gasteiger partial charge in [0.15, 0.2) is 0 Å². The molecule has 0 spiro atoms. The zero-order chi connectivity index (χ0) is 8.97. The van der Waals surface area contributed by atoms with E-state index < -0.39 is 0 Å². The maximum atomic E-state index is 5.31. The van der Waals surface area contributed by atoms with Crippen LogP contribution in [-0.4, -0.2) is 25.3 Å². The van der Waals surface area contributed by atoms with Gasteiger partial charge in [0.05, 0.1) is 6.61 Å². The van der Waals surface area contributed by atoms with Gasteiger partial charge in [0.25, 0.3) is 0 Å². The van der Waals surface area contributed by atoms with Gasteiger partial charge < -0.3 is 10.1 Å². The standard InChI is InChI=1S/C10H21NO/c1-4-8(2)9(3)11-10-5-6-12-7-10/h8-11H,4-7H2,1-3H3. The summed E-state index contributed by atoms with van der Waals surface area (Å²) >= 11 is 0. The van der Waals surface area contributed by atoms with Crippen LogP contribution < -0.4 is 5.32 Å². The average Bonchev–Trinajstić information content (AvgIpc) is 2.55. The van der Waals surface area contributed by atoms with Crippen molar-refractivity contribution >= 4 is 0 Å². The molecule has 72 valence electrons. The number of hydrogen-bond acceptors (Lipinski definition) is 2. The minimum Gasteiger partial charge on any atom is -0.380 e. The van der Waals surface area contributed by atoms with Crippen LogP contribution in [0.25, 0.3) is 0 Å². The van der Waals surface area contributed by atoms with Gasteiger partial charge in [-0.1, -0.05) is 20.3 Å². The van der Waals surface area contributed by atoms with E-state index in [4.69, 9.17) is 4.74 Å². The number of nitrogens with one attached hydrogen (secondary N) is 1. The normalized spacial score (nSPS) is 28.8. The molecule has 1 heterocycles. The van der Waals surface area contributed by atoms with Gasteiger partial charge in [-0.05, 0) is 19.3 Å². The summed E-state index contributed by atoms with van der Waals surface area (Å²) < 4.78 is 5.31. The second-order valence-electron chi connectivity index (χ2n) is 3.90. The molecule has 0 radical (unpaired) electrons. The molecular formula is C10H21NO. The van der Waals surface area contributed by atoms with Crippen molar-refractivity contribution in [3.8, 4) is 0 Å². The minimum absolute atomic E-state index is 0.606. The SMILES string of the molecule is CCC(C)C(C)NC1CCOC1. The van der Waals surface area contributed by atoms with Crippen molar-refractivity contribution in [2.75, 3.05) is 13.2 Å². The highest BCUT2D eigenvalue weighted by Gasteiger charge is 2.19. The molecule has 3 unspecified atom stereocenters. The van der Waals surface area contributed by atoms with Crippen LogP contribution in [0.2, 0.25) is 0 Å². The smallest absolute Gasteiger partial charge is 0.0620 e. The van der Waals surface area contributed by atoms with E-state index in [0.29, 0.717) is 12.1 Å². The molecule has 0 aromatic heterocycles. The van der Waals surface area contributed by atoms with Crippen LogP contribution in [0.5, 0.6) is 0 Å². The van der Waals surface area contributed by atoms with E-state index in [2.05, 4.69) is 26.1 Å². The first kappa shape index (κ1) is 10.0. The zero-order valence-corrected chi connectivity index (χ0v) is 8.47. The van der Waals surface area contributed by atoms with Crippen LogP contribution in [0.1, 0.15) is 33.6 Å². The Morgan fingerprint density at radius 3 is 2.75 bits per heavy atom. The van der Waals surface area contributed by atoms with Crippen molar-refractivity contribution in [1.82, 2.24) is 5.32 Å². The van der Waals surface area contributed by atoms with Crippen molar-refractivity contribution in [2.45, 2.75) is 45.7 Å². The van der Waals surface area contributed by atoms with Gasteiger partial charge in [0.2, 0.25) is 0 Å². The van der Waals surface area contributed by atoms with Crippen molar-refractivity contribution in [1.29, 1.82) is 0 Å². The van der Waals surface area contributed by atoms with Gasteiger partial charge in [-0.25, -0.2) is 0 Å². The Kier molecular flexibility index (Phi) is 4.02. The van der Waals surface area contributed by atoms with Crippen LogP contribution in [0.3, 0.4) is 0 Å². The lowest BCUT2D eigenvalue weighted by Gasteiger charge is -2.23. The van der Waals surface area contributed by atoms with Gasteiger partial charge in [0, 0.05) is 18.7 Å². The van der Waals surface area contributed by atoms with E-state index in [0.717, 1.165) is 19.1 Å². The molecule has 2 nitrogen and oxygen atoms in total. The quantitative estimate of drug-likeness (QED) is 0.696. The van der Waals surface area contributed by atoms with Gasteiger partial charge in [-0.15, -0.1) is 0 Å². The summed E-state index contributed by atoms with van der Waals surface area (Å²) in [6, 6.07) is 1.23. The summed E-state index contributed by atoms with van der Waals surface area (Å²) in [7, 11) is 0. The van der Waals surface area contributed by atoms with Crippen molar-refractivity contribution in [3.05, 3.63) is 0 Å². The average molecular weight is 171 g/mol. The first-order chi connectivity index (χ1) is 5.74. The molecule has 1 aliphatic rings. The molecule has 0 aromatic carbocycles. The number of rotatable bonds is 4. The predicted octanol–water partition coefficient (Wildman–Crippen LogP) is 1.80. The second kappa shape index (κ2) is 4.83. The molecule has 12 heavy (non-hydrogen) atoms. The monoisotopic (exact) mass is 171 g/mol. The summed E-state index contributed by atoms with van der Waals surface area (Å²) in [5.41, 5.74) is 0. The molecule has 3 atom stereocenters. The lowest BCUT2D eigenvalue weighted by atomic mass is 10.00. The van der Waals surface area contributed by atoms with Crippen LogP contribution in [0, 0.1) is 5.92 Å². The highest BCUT2D eigenvalue weighted by atomic mass is 16.5. The van der Waals surface area contributed by atoms with Crippen molar-refractivity contribution in [3.63, 3.8) is 0 Å². The largest absolute Gasteiger partial charge is 0.380 e. The Balaban J connectivity index is 2.19. The van der Waals surface area contributed by atoms with E-state index in [1.807, 2.05) is 0 Å². The molecule has 0 bridgehead atoms. The lowest BCUT2D eigenvalue weighted by Crippen LogP contribution is -2.40. The molecular weight excluding hydrogens is 150 g/mol. The molecule has 0 amide bonds. The van der Waals surface area contributed by atoms with Gasteiger partial charge >= 0.3 is 0 Å². The molecule has 1 rings (SSSR count).